The molecule has 0 amide bonds. The second kappa shape index (κ2) is 4.82. The number of aromatic nitrogens is 2. The molecule has 0 aliphatic heterocycles. The Morgan fingerprint density at radius 2 is 2.17 bits per heavy atom. The Balaban J connectivity index is 1.90. The quantitative estimate of drug-likeness (QED) is 0.925. The topological polar surface area (TPSA) is 51.0 Å². The van der Waals surface area contributed by atoms with E-state index in [1.165, 1.54) is 36.1 Å². The zero-order valence-electron chi connectivity index (χ0n) is 10.7. The molecule has 0 fully saturated rings. The Morgan fingerprint density at radius 3 is 2.94 bits per heavy atom. The number of rotatable bonds is 3. The van der Waals surface area contributed by atoms with Crippen LogP contribution in [0.3, 0.4) is 0 Å². The monoisotopic (exact) mass is 263 g/mol. The number of thiophene rings is 1. The van der Waals surface area contributed by atoms with E-state index in [-0.39, 0.29) is 6.04 Å². The maximum atomic E-state index is 5.73. The molecule has 0 spiro atoms. The van der Waals surface area contributed by atoms with Gasteiger partial charge in [0, 0.05) is 4.88 Å². The SMILES string of the molecule is CNC(C)c1nnc(-c2cc3c(s2)CCCC3)o1. The molecule has 3 rings (SSSR count). The predicted octanol–water partition coefficient (Wildman–Crippen LogP) is 2.96. The fourth-order valence-corrected chi connectivity index (χ4v) is 3.40. The van der Waals surface area contributed by atoms with Crippen LogP contribution in [0, 0.1) is 0 Å². The molecule has 0 bridgehead atoms. The maximum Gasteiger partial charge on any atom is 0.257 e. The number of nitrogens with one attached hydrogen (secondary N) is 1. The van der Waals surface area contributed by atoms with Crippen molar-refractivity contribution in [3.63, 3.8) is 0 Å². The summed E-state index contributed by atoms with van der Waals surface area (Å²) >= 11 is 1.80. The molecule has 18 heavy (non-hydrogen) atoms. The molecule has 1 atom stereocenters. The summed E-state index contributed by atoms with van der Waals surface area (Å²) in [5, 5.41) is 11.4. The molecular weight excluding hydrogens is 246 g/mol. The van der Waals surface area contributed by atoms with Crippen molar-refractivity contribution in [2.24, 2.45) is 0 Å². The van der Waals surface area contributed by atoms with Gasteiger partial charge in [-0.3, -0.25) is 0 Å². The number of aryl methyl sites for hydroxylation is 2. The third-order valence-electron chi connectivity index (χ3n) is 3.45. The molecule has 0 saturated heterocycles. The lowest BCUT2D eigenvalue weighted by molar-refractivity contribution is 0.442. The lowest BCUT2D eigenvalue weighted by Crippen LogP contribution is -2.12. The van der Waals surface area contributed by atoms with Crippen molar-refractivity contribution in [2.75, 3.05) is 7.05 Å². The molecule has 2 heterocycles. The first kappa shape index (κ1) is 11.9. The summed E-state index contributed by atoms with van der Waals surface area (Å²) in [7, 11) is 1.89. The minimum Gasteiger partial charge on any atom is -0.418 e. The van der Waals surface area contributed by atoms with E-state index in [0.717, 1.165) is 4.88 Å². The van der Waals surface area contributed by atoms with E-state index in [0.29, 0.717) is 11.8 Å². The van der Waals surface area contributed by atoms with E-state index in [4.69, 9.17) is 4.42 Å². The summed E-state index contributed by atoms with van der Waals surface area (Å²) < 4.78 is 5.73. The van der Waals surface area contributed by atoms with Gasteiger partial charge in [-0.25, -0.2) is 0 Å². The van der Waals surface area contributed by atoms with Crippen molar-refractivity contribution in [3.05, 3.63) is 22.4 Å². The second-order valence-electron chi connectivity index (χ2n) is 4.72. The van der Waals surface area contributed by atoms with E-state index in [9.17, 15) is 0 Å². The minimum atomic E-state index is 0.0980. The summed E-state index contributed by atoms with van der Waals surface area (Å²) in [6.07, 6.45) is 5.00. The Morgan fingerprint density at radius 1 is 1.33 bits per heavy atom. The average Bonchev–Trinajstić information content (AvgIpc) is 3.03. The fraction of sp³-hybridized carbons (Fsp3) is 0.538. The maximum absolute atomic E-state index is 5.73. The van der Waals surface area contributed by atoms with Gasteiger partial charge in [-0.15, -0.1) is 21.5 Å². The van der Waals surface area contributed by atoms with Gasteiger partial charge in [0.2, 0.25) is 5.89 Å². The van der Waals surface area contributed by atoms with Gasteiger partial charge in [0.05, 0.1) is 10.9 Å². The molecule has 1 N–H and O–H groups in total. The smallest absolute Gasteiger partial charge is 0.257 e. The van der Waals surface area contributed by atoms with E-state index >= 15 is 0 Å². The van der Waals surface area contributed by atoms with Crippen molar-refractivity contribution in [3.8, 4) is 10.8 Å². The van der Waals surface area contributed by atoms with E-state index < -0.39 is 0 Å². The molecule has 0 saturated carbocycles. The lowest BCUT2D eigenvalue weighted by Gasteiger charge is -2.08. The van der Waals surface area contributed by atoms with Gasteiger partial charge in [0.25, 0.3) is 5.89 Å². The van der Waals surface area contributed by atoms with E-state index in [1.807, 2.05) is 14.0 Å². The summed E-state index contributed by atoms with van der Waals surface area (Å²) in [4.78, 5) is 2.61. The second-order valence-corrected chi connectivity index (χ2v) is 5.86. The number of fused-ring (bicyclic) bond motifs is 1. The van der Waals surface area contributed by atoms with Crippen molar-refractivity contribution in [2.45, 2.75) is 38.6 Å². The molecule has 4 nitrogen and oxygen atoms in total. The predicted molar refractivity (Wildman–Crippen MR) is 71.7 cm³/mol. The van der Waals surface area contributed by atoms with Crippen LogP contribution in [0.2, 0.25) is 0 Å². The lowest BCUT2D eigenvalue weighted by atomic mass is 9.99. The van der Waals surface area contributed by atoms with Crippen molar-refractivity contribution in [1.82, 2.24) is 15.5 Å². The standard InChI is InChI=1S/C13H17N3OS/c1-8(14-2)12-15-16-13(17-12)11-7-9-5-3-4-6-10(9)18-11/h7-8,14H,3-6H2,1-2H3. The van der Waals surface area contributed by atoms with Crippen LogP contribution in [-0.2, 0) is 12.8 Å². The van der Waals surface area contributed by atoms with Gasteiger partial charge in [-0.1, -0.05) is 0 Å². The first-order chi connectivity index (χ1) is 8.78. The molecule has 0 aromatic carbocycles. The fourth-order valence-electron chi connectivity index (χ4n) is 2.23. The Bertz CT molecular complexity index is 523. The third kappa shape index (κ3) is 2.08. The van der Waals surface area contributed by atoms with Gasteiger partial charge < -0.3 is 9.73 Å². The summed E-state index contributed by atoms with van der Waals surface area (Å²) in [6, 6.07) is 2.32. The third-order valence-corrected chi connectivity index (χ3v) is 4.68. The number of hydrogen-bond donors (Lipinski definition) is 1. The first-order valence-electron chi connectivity index (χ1n) is 6.40. The van der Waals surface area contributed by atoms with Crippen LogP contribution in [0.25, 0.3) is 10.8 Å². The zero-order chi connectivity index (χ0) is 12.5. The molecule has 0 radical (unpaired) electrons. The Labute approximate surface area is 110 Å². The molecular formula is C13H17N3OS. The minimum absolute atomic E-state index is 0.0980. The van der Waals surface area contributed by atoms with Crippen LogP contribution in [0.1, 0.15) is 42.1 Å². The van der Waals surface area contributed by atoms with Gasteiger partial charge in [-0.2, -0.15) is 0 Å². The van der Waals surface area contributed by atoms with Crippen LogP contribution in [0.15, 0.2) is 10.5 Å². The summed E-state index contributed by atoms with van der Waals surface area (Å²) in [6.45, 7) is 2.01. The largest absolute Gasteiger partial charge is 0.418 e. The average molecular weight is 263 g/mol. The van der Waals surface area contributed by atoms with Gasteiger partial charge >= 0.3 is 0 Å². The summed E-state index contributed by atoms with van der Waals surface area (Å²) in [5.41, 5.74) is 1.47. The highest BCUT2D eigenvalue weighted by molar-refractivity contribution is 7.15. The highest BCUT2D eigenvalue weighted by Gasteiger charge is 2.18. The van der Waals surface area contributed by atoms with Crippen LogP contribution in [-0.4, -0.2) is 17.2 Å². The van der Waals surface area contributed by atoms with Gasteiger partial charge in [-0.05, 0) is 51.3 Å². The van der Waals surface area contributed by atoms with Gasteiger partial charge in [0.1, 0.15) is 0 Å². The first-order valence-corrected chi connectivity index (χ1v) is 7.22. The molecule has 1 unspecified atom stereocenters. The van der Waals surface area contributed by atoms with Crippen LogP contribution < -0.4 is 5.32 Å². The summed E-state index contributed by atoms with van der Waals surface area (Å²) in [5.74, 6) is 1.31. The molecule has 1 aliphatic carbocycles. The van der Waals surface area contributed by atoms with Crippen molar-refractivity contribution < 1.29 is 4.42 Å². The van der Waals surface area contributed by atoms with Crippen LogP contribution >= 0.6 is 11.3 Å². The van der Waals surface area contributed by atoms with Crippen LogP contribution in [0.4, 0.5) is 0 Å². The number of hydrogen-bond acceptors (Lipinski definition) is 5. The highest BCUT2D eigenvalue weighted by Crippen LogP contribution is 2.35. The normalized spacial score (nSPS) is 16.6. The molecule has 1 aliphatic rings. The Kier molecular flexibility index (Phi) is 3.18. The molecule has 96 valence electrons. The molecule has 5 heteroatoms. The van der Waals surface area contributed by atoms with Crippen molar-refractivity contribution >= 4 is 11.3 Å². The van der Waals surface area contributed by atoms with Crippen molar-refractivity contribution in [1.29, 1.82) is 0 Å². The van der Waals surface area contributed by atoms with Crippen LogP contribution in [0.5, 0.6) is 0 Å². The molecule has 2 aromatic rings. The van der Waals surface area contributed by atoms with E-state index in [1.54, 1.807) is 11.3 Å². The number of nitrogens with zero attached hydrogens (tertiary/aromatic N) is 2. The Hall–Kier alpha value is -1.20. The van der Waals surface area contributed by atoms with E-state index in [2.05, 4.69) is 21.6 Å². The zero-order valence-corrected chi connectivity index (χ0v) is 11.5. The molecule has 2 aromatic heterocycles. The van der Waals surface area contributed by atoms with Gasteiger partial charge in [0.15, 0.2) is 0 Å². The highest BCUT2D eigenvalue weighted by atomic mass is 32.1.